The first-order valence-electron chi connectivity index (χ1n) is 5.96. The number of hydrogen-bond acceptors (Lipinski definition) is 2. The predicted molar refractivity (Wildman–Crippen MR) is 69.9 cm³/mol. The summed E-state index contributed by atoms with van der Waals surface area (Å²) in [4.78, 5) is 0. The maximum Gasteiger partial charge on any atom is 0.120 e. The summed E-state index contributed by atoms with van der Waals surface area (Å²) >= 11 is 3.43. The van der Waals surface area contributed by atoms with Crippen LogP contribution in [0.15, 0.2) is 28.7 Å². The zero-order chi connectivity index (χ0) is 11.2. The van der Waals surface area contributed by atoms with Gasteiger partial charge in [0, 0.05) is 17.1 Å². The van der Waals surface area contributed by atoms with E-state index in [2.05, 4.69) is 21.2 Å². The van der Waals surface area contributed by atoms with Crippen LogP contribution in [0.3, 0.4) is 0 Å². The first-order valence-corrected chi connectivity index (χ1v) is 6.75. The van der Waals surface area contributed by atoms with Crippen LogP contribution < -0.4 is 10.1 Å². The summed E-state index contributed by atoms with van der Waals surface area (Å²) in [6.45, 7) is 1.68. The molecule has 1 aliphatic rings. The largest absolute Gasteiger partial charge is 0.492 e. The summed E-state index contributed by atoms with van der Waals surface area (Å²) in [5.41, 5.74) is 0. The summed E-state index contributed by atoms with van der Waals surface area (Å²) in [5, 5.41) is 3.53. The minimum Gasteiger partial charge on any atom is -0.492 e. The van der Waals surface area contributed by atoms with E-state index >= 15 is 0 Å². The monoisotopic (exact) mass is 283 g/mol. The number of rotatable bonds is 5. The molecule has 1 aliphatic carbocycles. The van der Waals surface area contributed by atoms with Gasteiger partial charge in [0.1, 0.15) is 12.4 Å². The fourth-order valence-corrected chi connectivity index (χ4v) is 2.50. The molecule has 0 amide bonds. The van der Waals surface area contributed by atoms with Gasteiger partial charge < -0.3 is 10.1 Å². The van der Waals surface area contributed by atoms with Crippen LogP contribution in [0.1, 0.15) is 25.7 Å². The van der Waals surface area contributed by atoms with Crippen LogP contribution in [0.4, 0.5) is 0 Å². The fraction of sp³-hybridized carbons (Fsp3) is 0.538. The second-order valence-corrected chi connectivity index (χ2v) is 5.16. The molecule has 0 aliphatic heterocycles. The zero-order valence-corrected chi connectivity index (χ0v) is 11.0. The van der Waals surface area contributed by atoms with E-state index in [0.717, 1.165) is 29.4 Å². The van der Waals surface area contributed by atoms with Crippen molar-refractivity contribution >= 4 is 15.9 Å². The molecule has 0 unspecified atom stereocenters. The lowest BCUT2D eigenvalue weighted by molar-refractivity contribution is 0.305. The minimum absolute atomic E-state index is 0.728. The topological polar surface area (TPSA) is 21.3 Å². The van der Waals surface area contributed by atoms with Gasteiger partial charge in [-0.25, -0.2) is 0 Å². The number of ether oxygens (including phenoxy) is 1. The third-order valence-electron chi connectivity index (χ3n) is 2.96. The highest BCUT2D eigenvalue weighted by molar-refractivity contribution is 9.10. The Morgan fingerprint density at radius 2 is 2.12 bits per heavy atom. The van der Waals surface area contributed by atoms with Crippen molar-refractivity contribution in [1.29, 1.82) is 0 Å². The highest BCUT2D eigenvalue weighted by atomic mass is 79.9. The van der Waals surface area contributed by atoms with Gasteiger partial charge >= 0.3 is 0 Å². The van der Waals surface area contributed by atoms with Gasteiger partial charge in [0.2, 0.25) is 0 Å². The van der Waals surface area contributed by atoms with Gasteiger partial charge in [-0.1, -0.05) is 34.8 Å². The second-order valence-electron chi connectivity index (χ2n) is 4.24. The molecule has 0 saturated heterocycles. The number of halogens is 1. The van der Waals surface area contributed by atoms with Gasteiger partial charge in [-0.3, -0.25) is 0 Å². The van der Waals surface area contributed by atoms with Gasteiger partial charge in [-0.15, -0.1) is 0 Å². The van der Waals surface area contributed by atoms with Gasteiger partial charge in [0.25, 0.3) is 0 Å². The molecule has 1 N–H and O–H groups in total. The Labute approximate surface area is 106 Å². The molecule has 0 radical (unpaired) electrons. The van der Waals surface area contributed by atoms with Crippen molar-refractivity contribution in [1.82, 2.24) is 5.32 Å². The molecular weight excluding hydrogens is 266 g/mol. The van der Waals surface area contributed by atoms with Crippen molar-refractivity contribution in [3.8, 4) is 5.75 Å². The van der Waals surface area contributed by atoms with Crippen molar-refractivity contribution in [2.45, 2.75) is 31.7 Å². The standard InChI is InChI=1S/C13H18BrNO/c14-11-4-3-7-13(10-11)16-9-8-15-12-5-1-2-6-12/h3-4,7,10,12,15H,1-2,5-6,8-9H2. The number of hydrogen-bond donors (Lipinski definition) is 1. The second kappa shape index (κ2) is 6.26. The molecular formula is C13H18BrNO. The van der Waals surface area contributed by atoms with E-state index in [1.807, 2.05) is 24.3 Å². The van der Waals surface area contributed by atoms with E-state index in [4.69, 9.17) is 4.74 Å². The van der Waals surface area contributed by atoms with Crippen LogP contribution >= 0.6 is 15.9 Å². The maximum absolute atomic E-state index is 5.65. The van der Waals surface area contributed by atoms with Gasteiger partial charge in [0.05, 0.1) is 0 Å². The number of benzene rings is 1. The first kappa shape index (κ1) is 11.9. The molecule has 88 valence electrons. The summed E-state index contributed by atoms with van der Waals surface area (Å²) in [7, 11) is 0. The van der Waals surface area contributed by atoms with Crippen LogP contribution in [-0.4, -0.2) is 19.2 Å². The normalized spacial score (nSPS) is 16.6. The summed E-state index contributed by atoms with van der Waals surface area (Å²) in [5.74, 6) is 0.933. The van der Waals surface area contributed by atoms with E-state index in [1.165, 1.54) is 25.7 Å². The zero-order valence-electron chi connectivity index (χ0n) is 9.42. The molecule has 0 spiro atoms. The molecule has 0 bridgehead atoms. The Kier molecular flexibility index (Phi) is 4.67. The smallest absolute Gasteiger partial charge is 0.120 e. The molecule has 16 heavy (non-hydrogen) atoms. The third kappa shape index (κ3) is 3.80. The first-order chi connectivity index (χ1) is 7.84. The molecule has 1 aromatic rings. The van der Waals surface area contributed by atoms with Crippen molar-refractivity contribution in [3.05, 3.63) is 28.7 Å². The van der Waals surface area contributed by atoms with E-state index in [-0.39, 0.29) is 0 Å². The van der Waals surface area contributed by atoms with Crippen LogP contribution in [0, 0.1) is 0 Å². The van der Waals surface area contributed by atoms with Gasteiger partial charge in [-0.05, 0) is 31.0 Å². The lowest BCUT2D eigenvalue weighted by Gasteiger charge is -2.12. The SMILES string of the molecule is Brc1cccc(OCCNC2CCCC2)c1. The Morgan fingerprint density at radius 1 is 1.31 bits per heavy atom. The van der Waals surface area contributed by atoms with Gasteiger partial charge in [-0.2, -0.15) is 0 Å². The Morgan fingerprint density at radius 3 is 2.88 bits per heavy atom. The lowest BCUT2D eigenvalue weighted by Crippen LogP contribution is -2.30. The van der Waals surface area contributed by atoms with Crippen molar-refractivity contribution in [2.75, 3.05) is 13.2 Å². The van der Waals surface area contributed by atoms with Gasteiger partial charge in [0.15, 0.2) is 0 Å². The fourth-order valence-electron chi connectivity index (χ4n) is 2.12. The van der Waals surface area contributed by atoms with E-state index in [9.17, 15) is 0 Å². The molecule has 2 rings (SSSR count). The van der Waals surface area contributed by atoms with E-state index in [1.54, 1.807) is 0 Å². The molecule has 0 atom stereocenters. The Hall–Kier alpha value is -0.540. The lowest BCUT2D eigenvalue weighted by atomic mass is 10.2. The van der Waals surface area contributed by atoms with E-state index in [0.29, 0.717) is 0 Å². The quantitative estimate of drug-likeness (QED) is 0.837. The van der Waals surface area contributed by atoms with Crippen LogP contribution in [0.5, 0.6) is 5.75 Å². The molecule has 1 fully saturated rings. The van der Waals surface area contributed by atoms with Crippen molar-refractivity contribution in [3.63, 3.8) is 0 Å². The average molecular weight is 284 g/mol. The van der Waals surface area contributed by atoms with Crippen LogP contribution in [0.2, 0.25) is 0 Å². The van der Waals surface area contributed by atoms with Crippen LogP contribution in [-0.2, 0) is 0 Å². The summed E-state index contributed by atoms with van der Waals surface area (Å²) in [6.07, 6.45) is 5.42. The molecule has 1 saturated carbocycles. The summed E-state index contributed by atoms with van der Waals surface area (Å²) < 4.78 is 6.72. The van der Waals surface area contributed by atoms with E-state index < -0.39 is 0 Å². The predicted octanol–water partition coefficient (Wildman–Crippen LogP) is 3.36. The molecule has 1 aromatic carbocycles. The van der Waals surface area contributed by atoms with Crippen molar-refractivity contribution in [2.24, 2.45) is 0 Å². The van der Waals surface area contributed by atoms with Crippen LogP contribution in [0.25, 0.3) is 0 Å². The Balaban J connectivity index is 1.64. The summed E-state index contributed by atoms with van der Waals surface area (Å²) in [6, 6.07) is 8.70. The molecule has 0 aromatic heterocycles. The molecule has 3 heteroatoms. The molecule has 0 heterocycles. The highest BCUT2D eigenvalue weighted by Gasteiger charge is 2.13. The molecule has 2 nitrogen and oxygen atoms in total. The maximum atomic E-state index is 5.65. The Bertz CT molecular complexity index is 323. The third-order valence-corrected chi connectivity index (χ3v) is 3.45. The minimum atomic E-state index is 0.728. The van der Waals surface area contributed by atoms with Crippen molar-refractivity contribution < 1.29 is 4.74 Å². The number of nitrogens with one attached hydrogen (secondary N) is 1. The average Bonchev–Trinajstić information content (AvgIpc) is 2.77. The highest BCUT2D eigenvalue weighted by Crippen LogP contribution is 2.18.